The Kier molecular flexibility index (Phi) is 2.24. The Balaban J connectivity index is 2.54. The third kappa shape index (κ3) is 1.46. The van der Waals surface area contributed by atoms with Crippen LogP contribution in [0.2, 0.25) is 0 Å². The third-order valence-corrected chi connectivity index (χ3v) is 1.58. The van der Waals surface area contributed by atoms with Crippen LogP contribution in [0.3, 0.4) is 0 Å². The van der Waals surface area contributed by atoms with Crippen molar-refractivity contribution in [3.63, 3.8) is 0 Å². The van der Waals surface area contributed by atoms with Gasteiger partial charge in [-0.1, -0.05) is 5.16 Å². The van der Waals surface area contributed by atoms with Gasteiger partial charge in [-0.15, -0.1) is 0 Å². The molecule has 0 saturated carbocycles. The van der Waals surface area contributed by atoms with E-state index in [0.717, 1.165) is 18.8 Å². The van der Waals surface area contributed by atoms with Crippen LogP contribution in [0.5, 0.6) is 0 Å². The summed E-state index contributed by atoms with van der Waals surface area (Å²) in [7, 11) is 3.55. The van der Waals surface area contributed by atoms with Gasteiger partial charge in [-0.3, -0.25) is 4.90 Å². The number of hydrogen-bond acceptors (Lipinski definition) is 4. The number of hydrogen-bond donors (Lipinski definition) is 1. The minimum Gasteiger partial charge on any atom is -0.399 e. The maximum Gasteiger partial charge on any atom is 0.106 e. The second-order valence-electron chi connectivity index (χ2n) is 2.57. The maximum atomic E-state index is 5.70. The summed E-state index contributed by atoms with van der Waals surface area (Å²) in [6, 6.07) is 0.0601. The monoisotopic (exact) mass is 143 g/mol. The molecule has 2 N–H and O–H groups in total. The van der Waals surface area contributed by atoms with Crippen LogP contribution in [0.4, 0.5) is 0 Å². The first-order valence-electron chi connectivity index (χ1n) is 3.28. The summed E-state index contributed by atoms with van der Waals surface area (Å²) < 4.78 is 0. The van der Waals surface area contributed by atoms with E-state index in [1.165, 1.54) is 7.11 Å². The lowest BCUT2D eigenvalue weighted by Crippen LogP contribution is -2.29. The van der Waals surface area contributed by atoms with Crippen molar-refractivity contribution in [3.05, 3.63) is 0 Å². The van der Waals surface area contributed by atoms with E-state index in [-0.39, 0.29) is 6.04 Å². The smallest absolute Gasteiger partial charge is 0.106 e. The number of nitrogens with zero attached hydrogens (tertiary/aromatic N) is 2. The van der Waals surface area contributed by atoms with Crippen LogP contribution in [-0.4, -0.2) is 43.9 Å². The lowest BCUT2D eigenvalue weighted by atomic mass is 10.2. The summed E-state index contributed by atoms with van der Waals surface area (Å²) in [6.45, 7) is 1.71. The Hall–Kier alpha value is -0.610. The van der Waals surface area contributed by atoms with E-state index in [2.05, 4.69) is 14.9 Å². The summed E-state index contributed by atoms with van der Waals surface area (Å²) in [5.41, 5.74) is 6.64. The predicted molar refractivity (Wildman–Crippen MR) is 39.9 cm³/mol. The molecule has 0 radical (unpaired) electrons. The van der Waals surface area contributed by atoms with Gasteiger partial charge in [0, 0.05) is 13.1 Å². The molecule has 0 aliphatic carbocycles. The molecule has 1 aliphatic heterocycles. The molecule has 1 atom stereocenters. The molecule has 1 fully saturated rings. The molecule has 0 aromatic carbocycles. The van der Waals surface area contributed by atoms with Crippen molar-refractivity contribution in [1.29, 1.82) is 0 Å². The first-order valence-corrected chi connectivity index (χ1v) is 3.28. The number of oxime groups is 1. The third-order valence-electron chi connectivity index (χ3n) is 1.58. The first-order chi connectivity index (χ1) is 4.74. The van der Waals surface area contributed by atoms with Gasteiger partial charge in [0.2, 0.25) is 0 Å². The maximum absolute atomic E-state index is 5.70. The molecule has 0 bridgehead atoms. The van der Waals surface area contributed by atoms with Crippen LogP contribution in [0.1, 0.15) is 0 Å². The minimum atomic E-state index is 0.0601. The summed E-state index contributed by atoms with van der Waals surface area (Å²) in [5.74, 6) is 0. The molecule has 0 aromatic heterocycles. The molecule has 1 heterocycles. The zero-order valence-electron chi connectivity index (χ0n) is 6.37. The fraction of sp³-hybridized carbons (Fsp3) is 0.833. The number of likely N-dealkylation sites (N-methyl/N-ethyl adjacent to an activating group) is 1. The highest BCUT2D eigenvalue weighted by Gasteiger charge is 2.23. The molecule has 10 heavy (non-hydrogen) atoms. The van der Waals surface area contributed by atoms with E-state index < -0.39 is 0 Å². The van der Waals surface area contributed by atoms with Gasteiger partial charge in [0.25, 0.3) is 0 Å². The summed E-state index contributed by atoms with van der Waals surface area (Å²) in [5, 5.41) is 3.81. The van der Waals surface area contributed by atoms with E-state index in [1.807, 2.05) is 7.05 Å². The molecule has 0 spiro atoms. The van der Waals surface area contributed by atoms with Crippen molar-refractivity contribution < 1.29 is 4.84 Å². The van der Waals surface area contributed by atoms with Gasteiger partial charge < -0.3 is 10.6 Å². The summed E-state index contributed by atoms with van der Waals surface area (Å²) >= 11 is 0. The largest absolute Gasteiger partial charge is 0.399 e. The molecule has 0 aromatic rings. The molecule has 4 nitrogen and oxygen atoms in total. The molecule has 1 aliphatic rings. The zero-order chi connectivity index (χ0) is 7.56. The average Bonchev–Trinajstić information content (AvgIpc) is 2.13. The predicted octanol–water partition coefficient (Wildman–Crippen LogP) is -0.738. The SMILES string of the molecule is CO/N=C1\CN(C)C[C@@H]1N. The lowest BCUT2D eigenvalue weighted by Gasteiger charge is -2.02. The van der Waals surface area contributed by atoms with E-state index in [1.54, 1.807) is 0 Å². The second kappa shape index (κ2) is 2.98. The Bertz CT molecular complexity index is 146. The van der Waals surface area contributed by atoms with E-state index in [0.29, 0.717) is 0 Å². The van der Waals surface area contributed by atoms with Crippen LogP contribution in [0.15, 0.2) is 5.16 Å². The van der Waals surface area contributed by atoms with Gasteiger partial charge in [0.1, 0.15) is 7.11 Å². The first kappa shape index (κ1) is 7.50. The molecule has 0 unspecified atom stereocenters. The Morgan fingerprint density at radius 3 is 2.90 bits per heavy atom. The van der Waals surface area contributed by atoms with Crippen molar-refractivity contribution in [3.8, 4) is 0 Å². The quantitative estimate of drug-likeness (QED) is 0.492. The van der Waals surface area contributed by atoms with Crippen LogP contribution in [0, 0.1) is 0 Å². The van der Waals surface area contributed by atoms with E-state index >= 15 is 0 Å². The molecular formula is C6H13N3O. The van der Waals surface area contributed by atoms with Gasteiger partial charge in [-0.2, -0.15) is 0 Å². The van der Waals surface area contributed by atoms with Crippen molar-refractivity contribution >= 4 is 5.71 Å². The number of rotatable bonds is 1. The number of nitrogens with two attached hydrogens (primary N) is 1. The van der Waals surface area contributed by atoms with Crippen molar-refractivity contribution in [2.24, 2.45) is 10.9 Å². The van der Waals surface area contributed by atoms with Crippen molar-refractivity contribution in [1.82, 2.24) is 4.90 Å². The number of likely N-dealkylation sites (tertiary alicyclic amines) is 1. The van der Waals surface area contributed by atoms with E-state index in [4.69, 9.17) is 5.73 Å². The highest BCUT2D eigenvalue weighted by molar-refractivity contribution is 5.92. The molecule has 58 valence electrons. The van der Waals surface area contributed by atoms with Gasteiger partial charge in [-0.05, 0) is 7.05 Å². The Morgan fingerprint density at radius 1 is 1.80 bits per heavy atom. The van der Waals surface area contributed by atoms with Gasteiger partial charge in [0.15, 0.2) is 0 Å². The van der Waals surface area contributed by atoms with E-state index in [9.17, 15) is 0 Å². The molecule has 1 saturated heterocycles. The van der Waals surface area contributed by atoms with Crippen LogP contribution in [-0.2, 0) is 4.84 Å². The van der Waals surface area contributed by atoms with Gasteiger partial charge >= 0.3 is 0 Å². The fourth-order valence-corrected chi connectivity index (χ4v) is 1.11. The molecule has 4 heteroatoms. The van der Waals surface area contributed by atoms with Crippen LogP contribution in [0.25, 0.3) is 0 Å². The normalized spacial score (nSPS) is 31.5. The highest BCUT2D eigenvalue weighted by atomic mass is 16.6. The summed E-state index contributed by atoms with van der Waals surface area (Å²) in [6.07, 6.45) is 0. The Labute approximate surface area is 60.6 Å². The molecular weight excluding hydrogens is 130 g/mol. The summed E-state index contributed by atoms with van der Waals surface area (Å²) in [4.78, 5) is 6.74. The highest BCUT2D eigenvalue weighted by Crippen LogP contribution is 2.01. The topological polar surface area (TPSA) is 50.8 Å². The molecule has 1 rings (SSSR count). The van der Waals surface area contributed by atoms with Gasteiger partial charge in [0.05, 0.1) is 11.8 Å². The minimum absolute atomic E-state index is 0.0601. The Morgan fingerprint density at radius 2 is 2.50 bits per heavy atom. The fourth-order valence-electron chi connectivity index (χ4n) is 1.11. The van der Waals surface area contributed by atoms with Gasteiger partial charge in [-0.25, -0.2) is 0 Å². The standard InChI is InChI=1S/C6H13N3O/c1-9-3-5(7)6(4-9)8-10-2/h5H,3-4,7H2,1-2H3/b8-6+/t5-/m0/s1. The molecule has 0 amide bonds. The van der Waals surface area contributed by atoms with Crippen LogP contribution < -0.4 is 5.73 Å². The average molecular weight is 143 g/mol. The van der Waals surface area contributed by atoms with Crippen LogP contribution >= 0.6 is 0 Å². The van der Waals surface area contributed by atoms with Crippen molar-refractivity contribution in [2.75, 3.05) is 27.2 Å². The van der Waals surface area contributed by atoms with Crippen molar-refractivity contribution in [2.45, 2.75) is 6.04 Å². The zero-order valence-corrected chi connectivity index (χ0v) is 6.37. The lowest BCUT2D eigenvalue weighted by molar-refractivity contribution is 0.212. The second-order valence-corrected chi connectivity index (χ2v) is 2.57.